The van der Waals surface area contributed by atoms with Gasteiger partial charge in [-0.3, -0.25) is 14.5 Å². The van der Waals surface area contributed by atoms with E-state index in [1.54, 1.807) is 36.4 Å². The number of ether oxygens (including phenoxy) is 1. The Balaban J connectivity index is 1.46. The summed E-state index contributed by atoms with van der Waals surface area (Å²) in [7, 11) is 0. The number of anilines is 1. The molecule has 0 radical (unpaired) electrons. The van der Waals surface area contributed by atoms with Crippen LogP contribution in [0.3, 0.4) is 0 Å². The van der Waals surface area contributed by atoms with Crippen molar-refractivity contribution in [2.75, 3.05) is 11.5 Å². The molecule has 0 spiro atoms. The fraction of sp³-hybridized carbons (Fsp3) is 0.0968. The summed E-state index contributed by atoms with van der Waals surface area (Å²) in [4.78, 5) is 28.2. The van der Waals surface area contributed by atoms with Crippen LogP contribution in [0.25, 0.3) is 6.08 Å². The van der Waals surface area contributed by atoms with Crippen LogP contribution in [-0.4, -0.2) is 33.6 Å². The number of amides is 1. The zero-order chi connectivity index (χ0) is 27.9. The largest absolute Gasteiger partial charge is 0.503 e. The number of ketones is 1. The molecule has 1 atom stereocenters. The standard InChI is InChI=1S/C31H25N3O4S2/c1-2-19-38-24-16-14-23(15-17-24)27-26(25(35)18-13-21-9-5-3-6-10-21)28(36)29(37)34(27)30-32-33-31(40-30)39-20-22-11-7-4-8-12-22/h2-18,27,36H,1,19-20H2/b18-13+. The molecule has 0 bridgehead atoms. The summed E-state index contributed by atoms with van der Waals surface area (Å²) in [5.41, 5.74) is 2.55. The topological polar surface area (TPSA) is 92.6 Å². The van der Waals surface area contributed by atoms with Gasteiger partial charge in [-0.05, 0) is 34.9 Å². The zero-order valence-electron chi connectivity index (χ0n) is 21.3. The van der Waals surface area contributed by atoms with Crippen molar-refractivity contribution in [3.63, 3.8) is 0 Å². The minimum atomic E-state index is -0.895. The number of rotatable bonds is 11. The van der Waals surface area contributed by atoms with Gasteiger partial charge in [0.25, 0.3) is 5.91 Å². The predicted octanol–water partition coefficient (Wildman–Crippen LogP) is 6.58. The molecule has 0 saturated carbocycles. The number of thioether (sulfide) groups is 1. The molecule has 0 saturated heterocycles. The van der Waals surface area contributed by atoms with Crippen molar-refractivity contribution in [3.8, 4) is 5.75 Å². The maximum absolute atomic E-state index is 13.5. The Morgan fingerprint density at radius 1 is 1.02 bits per heavy atom. The van der Waals surface area contributed by atoms with Gasteiger partial charge in [0.05, 0.1) is 11.6 Å². The van der Waals surface area contributed by atoms with E-state index in [0.717, 1.165) is 11.1 Å². The number of carbonyl (C=O) groups is 2. The number of aromatic nitrogens is 2. The average molecular weight is 568 g/mol. The first-order valence-corrected chi connectivity index (χ1v) is 14.2. The molecule has 2 heterocycles. The summed E-state index contributed by atoms with van der Waals surface area (Å²) < 4.78 is 6.26. The molecule has 1 amide bonds. The maximum Gasteiger partial charge on any atom is 0.296 e. The summed E-state index contributed by atoms with van der Waals surface area (Å²) >= 11 is 2.74. The van der Waals surface area contributed by atoms with Gasteiger partial charge in [-0.2, -0.15) is 0 Å². The molecule has 200 valence electrons. The fourth-order valence-corrected chi connectivity index (χ4v) is 6.00. The first-order valence-electron chi connectivity index (χ1n) is 12.4. The van der Waals surface area contributed by atoms with Gasteiger partial charge in [0, 0.05) is 5.75 Å². The van der Waals surface area contributed by atoms with E-state index in [2.05, 4.69) is 16.8 Å². The second-order valence-corrected chi connectivity index (χ2v) is 10.9. The Bertz CT molecular complexity index is 1570. The zero-order valence-corrected chi connectivity index (χ0v) is 23.0. The van der Waals surface area contributed by atoms with Gasteiger partial charge in [0.1, 0.15) is 12.4 Å². The van der Waals surface area contributed by atoms with Gasteiger partial charge in [0.2, 0.25) is 5.13 Å². The molecule has 3 aromatic carbocycles. The monoisotopic (exact) mass is 567 g/mol. The Kier molecular flexibility index (Phi) is 8.53. The molecule has 1 unspecified atom stereocenters. The average Bonchev–Trinajstić information content (AvgIpc) is 3.57. The Morgan fingerprint density at radius 2 is 1.73 bits per heavy atom. The Labute approximate surface area is 240 Å². The van der Waals surface area contributed by atoms with Crippen LogP contribution in [0.4, 0.5) is 5.13 Å². The molecule has 4 aromatic rings. The van der Waals surface area contributed by atoms with E-state index in [9.17, 15) is 14.7 Å². The molecule has 0 fully saturated rings. The molecule has 7 nitrogen and oxygen atoms in total. The predicted molar refractivity (Wildman–Crippen MR) is 158 cm³/mol. The van der Waals surface area contributed by atoms with Crippen molar-refractivity contribution in [2.24, 2.45) is 0 Å². The lowest BCUT2D eigenvalue weighted by atomic mass is 9.95. The highest BCUT2D eigenvalue weighted by atomic mass is 32.2. The number of benzene rings is 3. The second kappa shape index (κ2) is 12.6. The van der Waals surface area contributed by atoms with Crippen molar-refractivity contribution >= 4 is 46.0 Å². The fourth-order valence-electron chi connectivity index (χ4n) is 4.17. The first-order chi connectivity index (χ1) is 19.5. The molecule has 9 heteroatoms. The number of carbonyl (C=O) groups excluding carboxylic acids is 2. The second-order valence-electron chi connectivity index (χ2n) is 8.74. The van der Waals surface area contributed by atoms with Gasteiger partial charge in [0.15, 0.2) is 15.9 Å². The summed E-state index contributed by atoms with van der Waals surface area (Å²) in [6, 6.07) is 25.4. The maximum atomic E-state index is 13.5. The van der Waals surface area contributed by atoms with Crippen molar-refractivity contribution < 1.29 is 19.4 Å². The highest BCUT2D eigenvalue weighted by Crippen LogP contribution is 2.43. The Morgan fingerprint density at radius 3 is 2.42 bits per heavy atom. The number of allylic oxidation sites excluding steroid dienone is 1. The lowest BCUT2D eigenvalue weighted by molar-refractivity contribution is -0.117. The SMILES string of the molecule is C=CCOc1ccc(C2C(C(=O)/C=C/c3ccccc3)=C(O)C(=O)N2c2nnc(SCc3ccccc3)s2)cc1. The van der Waals surface area contributed by atoms with Crippen molar-refractivity contribution in [2.45, 2.75) is 16.1 Å². The van der Waals surface area contributed by atoms with E-state index >= 15 is 0 Å². The number of nitrogens with zero attached hydrogens (tertiary/aromatic N) is 3. The van der Waals surface area contributed by atoms with E-state index in [0.29, 0.717) is 33.1 Å². The summed E-state index contributed by atoms with van der Waals surface area (Å²) in [6.45, 7) is 4.00. The van der Waals surface area contributed by atoms with Crippen LogP contribution in [0.5, 0.6) is 5.75 Å². The summed E-state index contributed by atoms with van der Waals surface area (Å²) in [6.07, 6.45) is 4.67. The minimum absolute atomic E-state index is 0.0226. The molecule has 1 aromatic heterocycles. The quantitative estimate of drug-likeness (QED) is 0.0947. The van der Waals surface area contributed by atoms with Gasteiger partial charge in [-0.1, -0.05) is 115 Å². The van der Waals surface area contributed by atoms with Crippen molar-refractivity contribution in [3.05, 3.63) is 132 Å². The van der Waals surface area contributed by atoms with Crippen LogP contribution >= 0.6 is 23.1 Å². The van der Waals surface area contributed by atoms with Gasteiger partial charge in [-0.15, -0.1) is 10.2 Å². The van der Waals surface area contributed by atoms with Crippen LogP contribution in [0.1, 0.15) is 22.7 Å². The summed E-state index contributed by atoms with van der Waals surface area (Å²) in [5, 5.41) is 19.8. The molecule has 5 rings (SSSR count). The molecule has 1 N–H and O–H groups in total. The lowest BCUT2D eigenvalue weighted by Gasteiger charge is -2.24. The molecule has 1 aliphatic rings. The van der Waals surface area contributed by atoms with E-state index in [1.807, 2.05) is 60.7 Å². The highest BCUT2D eigenvalue weighted by Gasteiger charge is 2.45. The van der Waals surface area contributed by atoms with E-state index < -0.39 is 23.5 Å². The van der Waals surface area contributed by atoms with E-state index in [4.69, 9.17) is 4.74 Å². The number of aliphatic hydroxyl groups excluding tert-OH is 1. The molecule has 40 heavy (non-hydrogen) atoms. The first kappa shape index (κ1) is 27.1. The number of aliphatic hydroxyl groups is 1. The van der Waals surface area contributed by atoms with E-state index in [-0.39, 0.29) is 5.57 Å². The third-order valence-electron chi connectivity index (χ3n) is 6.07. The third kappa shape index (κ3) is 6.06. The van der Waals surface area contributed by atoms with Crippen LogP contribution in [0.15, 0.2) is 119 Å². The number of hydrogen-bond acceptors (Lipinski definition) is 8. The molecular weight excluding hydrogens is 542 g/mol. The van der Waals surface area contributed by atoms with Crippen LogP contribution in [-0.2, 0) is 15.3 Å². The minimum Gasteiger partial charge on any atom is -0.503 e. The van der Waals surface area contributed by atoms with Gasteiger partial charge >= 0.3 is 0 Å². The van der Waals surface area contributed by atoms with Gasteiger partial charge < -0.3 is 9.84 Å². The van der Waals surface area contributed by atoms with Crippen LogP contribution in [0, 0.1) is 0 Å². The van der Waals surface area contributed by atoms with E-state index in [1.165, 1.54) is 34.1 Å². The molecule has 0 aliphatic carbocycles. The smallest absolute Gasteiger partial charge is 0.296 e. The van der Waals surface area contributed by atoms with Crippen molar-refractivity contribution in [1.82, 2.24) is 10.2 Å². The molecule has 1 aliphatic heterocycles. The van der Waals surface area contributed by atoms with Crippen LogP contribution in [0.2, 0.25) is 0 Å². The third-order valence-corrected chi connectivity index (χ3v) is 8.20. The summed E-state index contributed by atoms with van der Waals surface area (Å²) in [5.74, 6) is -0.480. The lowest BCUT2D eigenvalue weighted by Crippen LogP contribution is -2.30. The highest BCUT2D eigenvalue weighted by molar-refractivity contribution is 8.00. The number of hydrogen-bond donors (Lipinski definition) is 1. The van der Waals surface area contributed by atoms with Crippen molar-refractivity contribution in [1.29, 1.82) is 0 Å². The van der Waals surface area contributed by atoms with Gasteiger partial charge in [-0.25, -0.2) is 0 Å². The Hall–Kier alpha value is -4.47. The molecular formula is C31H25N3O4S2. The normalized spacial score (nSPS) is 15.2. The van der Waals surface area contributed by atoms with Crippen LogP contribution < -0.4 is 9.64 Å².